The van der Waals surface area contributed by atoms with Crippen molar-refractivity contribution in [2.75, 3.05) is 13.1 Å². The molecule has 19 heavy (non-hydrogen) atoms. The normalized spacial score (nSPS) is 20.0. The quantitative estimate of drug-likeness (QED) is 0.920. The first-order valence-corrected chi connectivity index (χ1v) is 7.16. The number of piperidine rings is 1. The minimum absolute atomic E-state index is 0.207. The zero-order valence-corrected chi connectivity index (χ0v) is 11.3. The third-order valence-electron chi connectivity index (χ3n) is 3.85. The third-order valence-corrected chi connectivity index (χ3v) is 3.85. The van der Waals surface area contributed by atoms with E-state index < -0.39 is 0 Å². The second-order valence-electron chi connectivity index (χ2n) is 5.30. The summed E-state index contributed by atoms with van der Waals surface area (Å²) < 4.78 is 15.6. The predicted octanol–water partition coefficient (Wildman–Crippen LogP) is 3.05. The van der Waals surface area contributed by atoms with Gasteiger partial charge in [0.1, 0.15) is 11.6 Å². The molecule has 2 aromatic rings. The fourth-order valence-corrected chi connectivity index (χ4v) is 2.96. The summed E-state index contributed by atoms with van der Waals surface area (Å²) in [6.07, 6.45) is 3.42. The highest BCUT2D eigenvalue weighted by Crippen LogP contribution is 2.27. The first-order chi connectivity index (χ1) is 9.29. The summed E-state index contributed by atoms with van der Waals surface area (Å²) in [4.78, 5) is 4.70. The first kappa shape index (κ1) is 12.6. The van der Waals surface area contributed by atoms with E-state index in [2.05, 4.69) is 16.8 Å². The van der Waals surface area contributed by atoms with Crippen LogP contribution in [0.1, 0.15) is 37.9 Å². The van der Waals surface area contributed by atoms with Crippen molar-refractivity contribution in [3.63, 3.8) is 0 Å². The van der Waals surface area contributed by atoms with Crippen molar-refractivity contribution in [2.24, 2.45) is 0 Å². The van der Waals surface area contributed by atoms with E-state index in [0.717, 1.165) is 42.9 Å². The molecule has 1 aromatic heterocycles. The topological polar surface area (TPSA) is 29.9 Å². The summed E-state index contributed by atoms with van der Waals surface area (Å²) in [5.41, 5.74) is 1.85. The molecule has 0 saturated carbocycles. The van der Waals surface area contributed by atoms with Gasteiger partial charge < -0.3 is 9.88 Å². The molecule has 0 spiro atoms. The van der Waals surface area contributed by atoms with E-state index in [4.69, 9.17) is 4.98 Å². The van der Waals surface area contributed by atoms with Crippen LogP contribution in [0, 0.1) is 5.82 Å². The molecule has 1 N–H and O–H groups in total. The van der Waals surface area contributed by atoms with Crippen molar-refractivity contribution in [2.45, 2.75) is 38.6 Å². The van der Waals surface area contributed by atoms with Gasteiger partial charge in [-0.25, -0.2) is 9.37 Å². The van der Waals surface area contributed by atoms with E-state index in [1.165, 1.54) is 18.9 Å². The van der Waals surface area contributed by atoms with Crippen LogP contribution < -0.4 is 5.32 Å². The number of benzene rings is 1. The molecule has 4 heteroatoms. The van der Waals surface area contributed by atoms with Crippen molar-refractivity contribution in [3.05, 3.63) is 29.8 Å². The van der Waals surface area contributed by atoms with E-state index in [9.17, 15) is 4.39 Å². The van der Waals surface area contributed by atoms with Gasteiger partial charge in [-0.05, 0) is 37.9 Å². The van der Waals surface area contributed by atoms with Gasteiger partial charge in [-0.3, -0.25) is 0 Å². The van der Waals surface area contributed by atoms with E-state index in [1.54, 1.807) is 6.07 Å². The minimum atomic E-state index is -0.207. The number of hydrogen-bond acceptors (Lipinski definition) is 2. The van der Waals surface area contributed by atoms with Crippen LogP contribution in [0.5, 0.6) is 0 Å². The number of nitrogens with zero attached hydrogens (tertiary/aromatic N) is 2. The maximum atomic E-state index is 13.3. The highest BCUT2D eigenvalue weighted by Gasteiger charge is 2.22. The Morgan fingerprint density at radius 3 is 3.11 bits per heavy atom. The molecule has 102 valence electrons. The van der Waals surface area contributed by atoms with Crippen LogP contribution in [0.25, 0.3) is 11.0 Å². The molecular weight excluding hydrogens is 241 g/mol. The number of aromatic nitrogens is 2. The van der Waals surface area contributed by atoms with Gasteiger partial charge in [-0.2, -0.15) is 0 Å². The van der Waals surface area contributed by atoms with Gasteiger partial charge in [-0.1, -0.05) is 6.92 Å². The van der Waals surface area contributed by atoms with Gasteiger partial charge >= 0.3 is 0 Å². The van der Waals surface area contributed by atoms with E-state index >= 15 is 0 Å². The Hall–Kier alpha value is -1.42. The van der Waals surface area contributed by atoms with Gasteiger partial charge in [0, 0.05) is 25.1 Å². The fourth-order valence-electron chi connectivity index (χ4n) is 2.96. The molecule has 1 unspecified atom stereocenters. The number of imidazole rings is 1. The highest BCUT2D eigenvalue weighted by atomic mass is 19.1. The Morgan fingerprint density at radius 2 is 2.37 bits per heavy atom. The minimum Gasteiger partial charge on any atom is -0.328 e. The molecule has 0 bridgehead atoms. The van der Waals surface area contributed by atoms with Crippen molar-refractivity contribution in [3.8, 4) is 0 Å². The van der Waals surface area contributed by atoms with Crippen LogP contribution in [0.2, 0.25) is 0 Å². The van der Waals surface area contributed by atoms with E-state index in [0.29, 0.717) is 5.92 Å². The van der Waals surface area contributed by atoms with Crippen molar-refractivity contribution >= 4 is 11.0 Å². The number of nitrogens with one attached hydrogen (secondary N) is 1. The molecule has 3 rings (SSSR count). The maximum Gasteiger partial charge on any atom is 0.125 e. The van der Waals surface area contributed by atoms with Gasteiger partial charge in [0.2, 0.25) is 0 Å². The lowest BCUT2D eigenvalue weighted by molar-refractivity contribution is 0.433. The monoisotopic (exact) mass is 261 g/mol. The molecule has 0 radical (unpaired) electrons. The lowest BCUT2D eigenvalue weighted by Crippen LogP contribution is -2.30. The average molecular weight is 261 g/mol. The molecule has 0 aliphatic carbocycles. The molecular formula is C15H20FN3. The Labute approximate surface area is 112 Å². The molecule has 0 amide bonds. The number of fused-ring (bicyclic) bond motifs is 1. The Balaban J connectivity index is 2.08. The van der Waals surface area contributed by atoms with Crippen molar-refractivity contribution < 1.29 is 4.39 Å². The second kappa shape index (κ2) is 5.29. The third kappa shape index (κ3) is 2.37. The van der Waals surface area contributed by atoms with Crippen LogP contribution in [-0.2, 0) is 6.54 Å². The smallest absolute Gasteiger partial charge is 0.125 e. The largest absolute Gasteiger partial charge is 0.328 e. The van der Waals surface area contributed by atoms with Crippen molar-refractivity contribution in [1.82, 2.24) is 14.9 Å². The molecule has 3 nitrogen and oxygen atoms in total. The van der Waals surface area contributed by atoms with Crippen LogP contribution in [-0.4, -0.2) is 22.6 Å². The zero-order chi connectivity index (χ0) is 13.2. The number of hydrogen-bond donors (Lipinski definition) is 1. The van der Waals surface area contributed by atoms with E-state index in [1.807, 2.05) is 6.07 Å². The van der Waals surface area contributed by atoms with Gasteiger partial charge in [-0.15, -0.1) is 0 Å². The highest BCUT2D eigenvalue weighted by molar-refractivity contribution is 5.76. The maximum absolute atomic E-state index is 13.3. The fraction of sp³-hybridized carbons (Fsp3) is 0.533. The summed E-state index contributed by atoms with van der Waals surface area (Å²) in [6.45, 7) is 5.20. The van der Waals surface area contributed by atoms with Crippen LogP contribution in [0.4, 0.5) is 4.39 Å². The summed E-state index contributed by atoms with van der Waals surface area (Å²) in [7, 11) is 0. The lowest BCUT2D eigenvalue weighted by Gasteiger charge is -2.23. The van der Waals surface area contributed by atoms with Gasteiger partial charge in [0.15, 0.2) is 0 Å². The molecule has 2 heterocycles. The van der Waals surface area contributed by atoms with Crippen molar-refractivity contribution in [1.29, 1.82) is 0 Å². The van der Waals surface area contributed by atoms with E-state index in [-0.39, 0.29) is 5.82 Å². The summed E-state index contributed by atoms with van der Waals surface area (Å²) >= 11 is 0. The average Bonchev–Trinajstić information content (AvgIpc) is 2.78. The number of halogens is 1. The molecule has 1 atom stereocenters. The Kier molecular flexibility index (Phi) is 3.51. The van der Waals surface area contributed by atoms with Crippen LogP contribution in [0.3, 0.4) is 0 Å². The van der Waals surface area contributed by atoms with Gasteiger partial charge in [0.25, 0.3) is 0 Å². The standard InChI is InChI=1S/C15H20FN3/c1-2-8-19-14-6-5-12(16)9-13(14)18-15(19)11-4-3-7-17-10-11/h5-6,9,11,17H,2-4,7-8,10H2,1H3. The Morgan fingerprint density at radius 1 is 1.47 bits per heavy atom. The van der Waals surface area contributed by atoms with Gasteiger partial charge in [0.05, 0.1) is 11.0 Å². The Bertz CT molecular complexity index is 570. The second-order valence-corrected chi connectivity index (χ2v) is 5.30. The number of rotatable bonds is 3. The molecule has 1 aliphatic rings. The summed E-state index contributed by atoms with van der Waals surface area (Å²) in [6, 6.07) is 4.92. The lowest BCUT2D eigenvalue weighted by atomic mass is 9.99. The summed E-state index contributed by atoms with van der Waals surface area (Å²) in [5, 5.41) is 3.43. The van der Waals surface area contributed by atoms with Crippen LogP contribution >= 0.6 is 0 Å². The SMILES string of the molecule is CCCn1c(C2CCCNC2)nc2cc(F)ccc21. The predicted molar refractivity (Wildman–Crippen MR) is 74.8 cm³/mol. The molecule has 1 aliphatic heterocycles. The number of aryl methyl sites for hydroxylation is 1. The molecule has 1 aromatic carbocycles. The van der Waals surface area contributed by atoms with Crippen LogP contribution in [0.15, 0.2) is 18.2 Å². The first-order valence-electron chi connectivity index (χ1n) is 7.16. The molecule has 1 fully saturated rings. The molecule has 1 saturated heterocycles. The zero-order valence-electron chi connectivity index (χ0n) is 11.3. The summed E-state index contributed by atoms with van der Waals surface area (Å²) in [5.74, 6) is 1.37.